The highest BCUT2D eigenvalue weighted by atomic mass is 16.5. The van der Waals surface area contributed by atoms with Gasteiger partial charge >= 0.3 is 5.97 Å². The number of ether oxygens (including phenoxy) is 2. The molecule has 2 aromatic carbocycles. The standard InChI is InChI=1S/C21H20N2O4/c24-21(25)10-16-13-27-19-11-17(6-7-18(16)19)26-14-20-22-8-9-23(20)12-15-4-2-1-3-5-15/h1-9,11,16H,10,12-14H2,(H,24,25). The second kappa shape index (κ2) is 7.53. The van der Waals surface area contributed by atoms with Gasteiger partial charge in [0.05, 0.1) is 13.0 Å². The van der Waals surface area contributed by atoms with Gasteiger partial charge in [0.25, 0.3) is 0 Å². The first kappa shape index (κ1) is 17.1. The number of aliphatic carboxylic acids is 1. The molecule has 4 rings (SSSR count). The first-order chi connectivity index (χ1) is 13.2. The van der Waals surface area contributed by atoms with E-state index in [1.807, 2.05) is 42.6 Å². The van der Waals surface area contributed by atoms with Gasteiger partial charge in [0.15, 0.2) is 0 Å². The summed E-state index contributed by atoms with van der Waals surface area (Å²) in [5.41, 5.74) is 2.13. The molecule has 0 spiro atoms. The Morgan fingerprint density at radius 1 is 1.26 bits per heavy atom. The molecule has 1 aliphatic heterocycles. The lowest BCUT2D eigenvalue weighted by Crippen LogP contribution is -2.08. The fraction of sp³-hybridized carbons (Fsp3) is 0.238. The van der Waals surface area contributed by atoms with Crippen molar-refractivity contribution in [2.75, 3.05) is 6.61 Å². The van der Waals surface area contributed by atoms with Gasteiger partial charge in [-0.1, -0.05) is 36.4 Å². The number of nitrogens with zero attached hydrogens (tertiary/aromatic N) is 2. The van der Waals surface area contributed by atoms with Crippen molar-refractivity contribution in [3.8, 4) is 11.5 Å². The molecule has 1 aromatic heterocycles. The minimum Gasteiger partial charge on any atom is -0.492 e. The van der Waals surface area contributed by atoms with Crippen molar-refractivity contribution < 1.29 is 19.4 Å². The highest BCUT2D eigenvalue weighted by Crippen LogP contribution is 2.38. The molecule has 1 unspecified atom stereocenters. The zero-order chi connectivity index (χ0) is 18.6. The molecule has 1 N–H and O–H groups in total. The lowest BCUT2D eigenvalue weighted by molar-refractivity contribution is -0.137. The third kappa shape index (κ3) is 3.95. The molecular weight excluding hydrogens is 344 g/mol. The van der Waals surface area contributed by atoms with E-state index in [4.69, 9.17) is 14.6 Å². The largest absolute Gasteiger partial charge is 0.492 e. The number of benzene rings is 2. The van der Waals surface area contributed by atoms with Gasteiger partial charge in [0.2, 0.25) is 0 Å². The molecule has 138 valence electrons. The summed E-state index contributed by atoms with van der Waals surface area (Å²) in [6.45, 7) is 1.48. The molecule has 0 bridgehead atoms. The van der Waals surface area contributed by atoms with Crippen LogP contribution in [0.2, 0.25) is 0 Å². The number of hydrogen-bond donors (Lipinski definition) is 1. The first-order valence-corrected chi connectivity index (χ1v) is 8.84. The Hall–Kier alpha value is -3.28. The van der Waals surface area contributed by atoms with Crippen molar-refractivity contribution in [3.63, 3.8) is 0 Å². The average molecular weight is 364 g/mol. The van der Waals surface area contributed by atoms with Crippen LogP contribution >= 0.6 is 0 Å². The zero-order valence-electron chi connectivity index (χ0n) is 14.7. The Balaban J connectivity index is 1.42. The Kier molecular flexibility index (Phi) is 4.78. The van der Waals surface area contributed by atoms with Crippen LogP contribution in [-0.4, -0.2) is 27.2 Å². The number of imidazole rings is 1. The lowest BCUT2D eigenvalue weighted by atomic mass is 9.98. The van der Waals surface area contributed by atoms with Gasteiger partial charge in [-0.05, 0) is 11.6 Å². The van der Waals surface area contributed by atoms with Crippen molar-refractivity contribution >= 4 is 5.97 Å². The van der Waals surface area contributed by atoms with E-state index >= 15 is 0 Å². The van der Waals surface area contributed by atoms with E-state index in [1.165, 1.54) is 5.56 Å². The quantitative estimate of drug-likeness (QED) is 0.695. The van der Waals surface area contributed by atoms with Gasteiger partial charge in [0.1, 0.15) is 23.9 Å². The highest BCUT2D eigenvalue weighted by Gasteiger charge is 2.26. The van der Waals surface area contributed by atoms with Gasteiger partial charge in [0, 0.05) is 36.5 Å². The molecule has 3 aromatic rings. The molecule has 6 nitrogen and oxygen atoms in total. The van der Waals surface area contributed by atoms with E-state index in [1.54, 1.807) is 6.20 Å². The van der Waals surface area contributed by atoms with Crippen LogP contribution in [0.3, 0.4) is 0 Å². The highest BCUT2D eigenvalue weighted by molar-refractivity contribution is 5.68. The van der Waals surface area contributed by atoms with E-state index in [9.17, 15) is 4.79 Å². The third-order valence-electron chi connectivity index (χ3n) is 4.65. The summed E-state index contributed by atoms with van der Waals surface area (Å²) in [5, 5.41) is 8.99. The van der Waals surface area contributed by atoms with Crippen LogP contribution in [0.15, 0.2) is 60.9 Å². The summed E-state index contributed by atoms with van der Waals surface area (Å²) < 4.78 is 13.6. The number of hydrogen-bond acceptors (Lipinski definition) is 4. The molecule has 2 heterocycles. The number of carboxylic acid groups (broad SMARTS) is 1. The van der Waals surface area contributed by atoms with Gasteiger partial charge < -0.3 is 19.1 Å². The molecule has 0 radical (unpaired) electrons. The van der Waals surface area contributed by atoms with E-state index in [0.29, 0.717) is 24.7 Å². The van der Waals surface area contributed by atoms with Crippen LogP contribution in [-0.2, 0) is 17.9 Å². The number of aromatic nitrogens is 2. The summed E-state index contributed by atoms with van der Waals surface area (Å²) in [6, 6.07) is 15.8. The Morgan fingerprint density at radius 3 is 2.93 bits per heavy atom. The normalized spacial score (nSPS) is 15.2. The van der Waals surface area contributed by atoms with Crippen molar-refractivity contribution in [2.45, 2.75) is 25.5 Å². The maximum Gasteiger partial charge on any atom is 0.304 e. The number of fused-ring (bicyclic) bond motifs is 1. The van der Waals surface area contributed by atoms with E-state index in [2.05, 4.69) is 21.7 Å². The summed E-state index contributed by atoms with van der Waals surface area (Å²) >= 11 is 0. The van der Waals surface area contributed by atoms with Gasteiger partial charge in [-0.3, -0.25) is 4.79 Å². The fourth-order valence-corrected chi connectivity index (χ4v) is 3.28. The molecule has 6 heteroatoms. The maximum absolute atomic E-state index is 10.9. The van der Waals surface area contributed by atoms with Crippen LogP contribution in [0.1, 0.15) is 29.3 Å². The minimum atomic E-state index is -0.818. The maximum atomic E-state index is 10.9. The average Bonchev–Trinajstić information content (AvgIpc) is 3.27. The monoisotopic (exact) mass is 364 g/mol. The molecular formula is C21H20N2O4. The molecule has 0 fully saturated rings. The van der Waals surface area contributed by atoms with Crippen molar-refractivity contribution in [1.82, 2.24) is 9.55 Å². The molecule has 1 aliphatic rings. The number of carboxylic acids is 1. The topological polar surface area (TPSA) is 73.6 Å². The molecule has 1 atom stereocenters. The van der Waals surface area contributed by atoms with Crippen LogP contribution < -0.4 is 9.47 Å². The van der Waals surface area contributed by atoms with Gasteiger partial charge in [-0.2, -0.15) is 0 Å². The van der Waals surface area contributed by atoms with Crippen molar-refractivity contribution in [2.24, 2.45) is 0 Å². The molecule has 0 aliphatic carbocycles. The second-order valence-corrected chi connectivity index (χ2v) is 6.55. The predicted octanol–water partition coefficient (Wildman–Crippen LogP) is 3.46. The molecule has 0 saturated carbocycles. The van der Waals surface area contributed by atoms with Crippen molar-refractivity contribution in [1.29, 1.82) is 0 Å². The Labute approximate surface area is 157 Å². The second-order valence-electron chi connectivity index (χ2n) is 6.55. The zero-order valence-corrected chi connectivity index (χ0v) is 14.7. The molecule has 27 heavy (non-hydrogen) atoms. The molecule has 0 amide bonds. The van der Waals surface area contributed by atoms with Gasteiger partial charge in [-0.25, -0.2) is 4.98 Å². The van der Waals surface area contributed by atoms with Crippen LogP contribution in [0, 0.1) is 0 Å². The summed E-state index contributed by atoms with van der Waals surface area (Å²) in [7, 11) is 0. The summed E-state index contributed by atoms with van der Waals surface area (Å²) in [5.74, 6) is 1.30. The Morgan fingerprint density at radius 2 is 2.11 bits per heavy atom. The fourth-order valence-electron chi connectivity index (χ4n) is 3.28. The van der Waals surface area contributed by atoms with Crippen LogP contribution in [0.25, 0.3) is 0 Å². The third-order valence-corrected chi connectivity index (χ3v) is 4.65. The number of carbonyl (C=O) groups is 1. The van der Waals surface area contributed by atoms with Crippen LogP contribution in [0.5, 0.6) is 11.5 Å². The van der Waals surface area contributed by atoms with Crippen LogP contribution in [0.4, 0.5) is 0 Å². The smallest absolute Gasteiger partial charge is 0.304 e. The SMILES string of the molecule is O=C(O)CC1COc2cc(OCc3nccn3Cc3ccccc3)ccc21. The van der Waals surface area contributed by atoms with Gasteiger partial charge in [-0.15, -0.1) is 0 Å². The van der Waals surface area contributed by atoms with E-state index in [0.717, 1.165) is 17.9 Å². The molecule has 0 saturated heterocycles. The Bertz CT molecular complexity index is 936. The van der Waals surface area contributed by atoms with E-state index in [-0.39, 0.29) is 12.3 Å². The van der Waals surface area contributed by atoms with E-state index < -0.39 is 5.97 Å². The summed E-state index contributed by atoms with van der Waals surface area (Å²) in [4.78, 5) is 15.3. The minimum absolute atomic E-state index is 0.0735. The predicted molar refractivity (Wildman–Crippen MR) is 99.0 cm³/mol. The first-order valence-electron chi connectivity index (χ1n) is 8.84. The summed E-state index contributed by atoms with van der Waals surface area (Å²) in [6.07, 6.45) is 3.78. The number of rotatable bonds is 7. The lowest BCUT2D eigenvalue weighted by Gasteiger charge is -2.11. The van der Waals surface area contributed by atoms with Crippen molar-refractivity contribution in [3.05, 3.63) is 77.9 Å².